The summed E-state index contributed by atoms with van der Waals surface area (Å²) >= 11 is 0. The van der Waals surface area contributed by atoms with Crippen LogP contribution in [0, 0.1) is 12.7 Å². The minimum atomic E-state index is -0.302. The smallest absolute Gasteiger partial charge is 0.264 e. The summed E-state index contributed by atoms with van der Waals surface area (Å²) in [5.41, 5.74) is 2.59. The van der Waals surface area contributed by atoms with Gasteiger partial charge in [0.1, 0.15) is 5.82 Å². The van der Waals surface area contributed by atoms with Crippen molar-refractivity contribution in [1.82, 2.24) is 9.55 Å². The van der Waals surface area contributed by atoms with Crippen molar-refractivity contribution in [3.63, 3.8) is 0 Å². The molecule has 0 spiro atoms. The van der Waals surface area contributed by atoms with Crippen LogP contribution in [0.15, 0.2) is 65.6 Å². The summed E-state index contributed by atoms with van der Waals surface area (Å²) in [6.07, 6.45) is 1.72. The van der Waals surface area contributed by atoms with Gasteiger partial charge in [0.05, 0.1) is 36.7 Å². The minimum absolute atomic E-state index is 0.176. The van der Waals surface area contributed by atoms with E-state index in [1.54, 1.807) is 62.2 Å². The average molecular weight is 390 g/mol. The number of nitrogens with zero attached hydrogens (tertiary/aromatic N) is 2. The van der Waals surface area contributed by atoms with Gasteiger partial charge in [0.15, 0.2) is 11.5 Å². The number of rotatable bonds is 4. The Labute approximate surface area is 167 Å². The number of hydrogen-bond acceptors (Lipinski definition) is 4. The minimum Gasteiger partial charge on any atom is -0.493 e. The molecule has 0 amide bonds. The molecule has 0 atom stereocenters. The van der Waals surface area contributed by atoms with Gasteiger partial charge in [-0.05, 0) is 60.8 Å². The van der Waals surface area contributed by atoms with Crippen LogP contribution in [0.5, 0.6) is 11.5 Å². The van der Waals surface area contributed by atoms with E-state index in [2.05, 4.69) is 4.98 Å². The third-order valence-electron chi connectivity index (χ3n) is 4.85. The van der Waals surface area contributed by atoms with Gasteiger partial charge in [0.25, 0.3) is 5.56 Å². The third-order valence-corrected chi connectivity index (χ3v) is 4.85. The van der Waals surface area contributed by atoms with E-state index in [-0.39, 0.29) is 11.4 Å². The molecule has 6 heteroatoms. The van der Waals surface area contributed by atoms with Crippen molar-refractivity contribution >= 4 is 10.8 Å². The van der Waals surface area contributed by atoms with E-state index in [4.69, 9.17) is 9.47 Å². The van der Waals surface area contributed by atoms with E-state index in [9.17, 15) is 9.18 Å². The zero-order chi connectivity index (χ0) is 20.5. The van der Waals surface area contributed by atoms with Crippen LogP contribution in [0.2, 0.25) is 0 Å². The van der Waals surface area contributed by atoms with Crippen LogP contribution in [0.1, 0.15) is 5.69 Å². The summed E-state index contributed by atoms with van der Waals surface area (Å²) in [6.45, 7) is 1.80. The second kappa shape index (κ2) is 7.39. The summed E-state index contributed by atoms with van der Waals surface area (Å²) < 4.78 is 25.4. The fourth-order valence-corrected chi connectivity index (χ4v) is 3.40. The van der Waals surface area contributed by atoms with Crippen molar-refractivity contribution in [1.29, 1.82) is 0 Å². The van der Waals surface area contributed by atoms with Crippen molar-refractivity contribution in [2.24, 2.45) is 0 Å². The van der Waals surface area contributed by atoms with Crippen molar-refractivity contribution < 1.29 is 13.9 Å². The predicted octanol–water partition coefficient (Wildman–Crippen LogP) is 4.52. The summed E-state index contributed by atoms with van der Waals surface area (Å²) in [5.74, 6) is 0.828. The lowest BCUT2D eigenvalue weighted by Crippen LogP contribution is -2.19. The molecule has 0 radical (unpaired) electrons. The maximum atomic E-state index is 13.2. The molecule has 0 unspecified atom stereocenters. The summed E-state index contributed by atoms with van der Waals surface area (Å²) in [4.78, 5) is 17.8. The lowest BCUT2D eigenvalue weighted by molar-refractivity contribution is 0.355. The molecule has 146 valence electrons. The van der Waals surface area contributed by atoms with Crippen molar-refractivity contribution in [3.8, 4) is 28.4 Å². The van der Waals surface area contributed by atoms with Gasteiger partial charge >= 0.3 is 0 Å². The van der Waals surface area contributed by atoms with Crippen LogP contribution in [0.3, 0.4) is 0 Å². The molecule has 2 aromatic heterocycles. The van der Waals surface area contributed by atoms with Gasteiger partial charge in [-0.3, -0.25) is 14.3 Å². The molecule has 0 saturated carbocycles. The highest BCUT2D eigenvalue weighted by atomic mass is 19.1. The van der Waals surface area contributed by atoms with Crippen LogP contribution in [-0.2, 0) is 0 Å². The Morgan fingerprint density at radius 3 is 2.34 bits per heavy atom. The summed E-state index contributed by atoms with van der Waals surface area (Å²) in [6, 6.07) is 15.2. The van der Waals surface area contributed by atoms with Gasteiger partial charge in [0, 0.05) is 17.8 Å². The van der Waals surface area contributed by atoms with Crippen molar-refractivity contribution in [2.75, 3.05) is 14.2 Å². The summed E-state index contributed by atoms with van der Waals surface area (Å²) in [5, 5.41) is 1.31. The van der Waals surface area contributed by atoms with E-state index >= 15 is 0 Å². The molecule has 0 aliphatic carbocycles. The maximum absolute atomic E-state index is 13.2. The highest BCUT2D eigenvalue weighted by Crippen LogP contribution is 2.29. The Bertz CT molecular complexity index is 1260. The number of ether oxygens (including phenoxy) is 2. The second-order valence-electron chi connectivity index (χ2n) is 6.59. The second-order valence-corrected chi connectivity index (χ2v) is 6.59. The normalized spacial score (nSPS) is 10.9. The number of methoxy groups -OCH3 is 2. The van der Waals surface area contributed by atoms with E-state index < -0.39 is 0 Å². The van der Waals surface area contributed by atoms with E-state index in [1.165, 1.54) is 12.1 Å². The molecule has 4 aromatic rings. The van der Waals surface area contributed by atoms with Crippen LogP contribution < -0.4 is 15.0 Å². The molecule has 0 bridgehead atoms. The number of aryl methyl sites for hydroxylation is 1. The Kier molecular flexibility index (Phi) is 4.76. The van der Waals surface area contributed by atoms with Gasteiger partial charge in [-0.1, -0.05) is 0 Å². The fourth-order valence-electron chi connectivity index (χ4n) is 3.40. The Morgan fingerprint density at radius 2 is 1.66 bits per heavy atom. The van der Waals surface area contributed by atoms with Gasteiger partial charge in [-0.15, -0.1) is 0 Å². The van der Waals surface area contributed by atoms with E-state index in [1.807, 2.05) is 12.1 Å². The Morgan fingerprint density at radius 1 is 0.931 bits per heavy atom. The monoisotopic (exact) mass is 390 g/mol. The standard InChI is InChI=1S/C23H19FN2O3/c1-14-22-16(12-19(25-14)15-4-6-17(24)7-5-15)10-11-26(23(22)27)18-8-9-20(28-2)21(13-18)29-3/h4-13H,1-3H3. The molecule has 0 saturated heterocycles. The first-order chi connectivity index (χ1) is 14.0. The largest absolute Gasteiger partial charge is 0.493 e. The molecule has 0 N–H and O–H groups in total. The summed E-state index contributed by atoms with van der Waals surface area (Å²) in [7, 11) is 3.11. The van der Waals surface area contributed by atoms with E-state index in [0.717, 1.165) is 10.9 Å². The number of fused-ring (bicyclic) bond motifs is 1. The van der Waals surface area contributed by atoms with Crippen LogP contribution in [0.4, 0.5) is 4.39 Å². The van der Waals surface area contributed by atoms with Crippen molar-refractivity contribution in [3.05, 3.63) is 82.7 Å². The first-order valence-corrected chi connectivity index (χ1v) is 9.03. The molecule has 4 rings (SSSR count). The first-order valence-electron chi connectivity index (χ1n) is 9.03. The average Bonchev–Trinajstić information content (AvgIpc) is 2.73. The fraction of sp³-hybridized carbons (Fsp3) is 0.130. The van der Waals surface area contributed by atoms with E-state index in [0.29, 0.717) is 34.0 Å². The molecule has 2 aromatic carbocycles. The number of halogens is 1. The Hall–Kier alpha value is -3.67. The molecule has 5 nitrogen and oxygen atoms in total. The Balaban J connectivity index is 1.86. The molecule has 0 aliphatic heterocycles. The molecular weight excluding hydrogens is 371 g/mol. The lowest BCUT2D eigenvalue weighted by Gasteiger charge is -2.13. The SMILES string of the molecule is COc1ccc(-n2ccc3cc(-c4ccc(F)cc4)nc(C)c3c2=O)cc1OC. The zero-order valence-corrected chi connectivity index (χ0v) is 16.3. The van der Waals surface area contributed by atoms with Gasteiger partial charge in [-0.2, -0.15) is 0 Å². The molecular formula is C23H19FN2O3. The van der Waals surface area contributed by atoms with Gasteiger partial charge in [-0.25, -0.2) is 4.39 Å². The number of benzene rings is 2. The van der Waals surface area contributed by atoms with Gasteiger partial charge < -0.3 is 9.47 Å². The highest BCUT2D eigenvalue weighted by molar-refractivity contribution is 5.87. The number of aromatic nitrogens is 2. The van der Waals surface area contributed by atoms with Gasteiger partial charge in [0.2, 0.25) is 0 Å². The zero-order valence-electron chi connectivity index (χ0n) is 16.3. The number of pyridine rings is 2. The molecule has 2 heterocycles. The van der Waals surface area contributed by atoms with Crippen LogP contribution in [-0.4, -0.2) is 23.8 Å². The van der Waals surface area contributed by atoms with Crippen molar-refractivity contribution in [2.45, 2.75) is 6.92 Å². The molecule has 29 heavy (non-hydrogen) atoms. The molecule has 0 fully saturated rings. The number of hydrogen-bond donors (Lipinski definition) is 0. The third kappa shape index (κ3) is 3.33. The van der Waals surface area contributed by atoms with Crippen LogP contribution in [0.25, 0.3) is 27.7 Å². The topological polar surface area (TPSA) is 53.4 Å². The maximum Gasteiger partial charge on any atom is 0.264 e. The highest BCUT2D eigenvalue weighted by Gasteiger charge is 2.13. The van der Waals surface area contributed by atoms with Crippen LogP contribution >= 0.6 is 0 Å². The quantitative estimate of drug-likeness (QED) is 0.514. The first kappa shape index (κ1) is 18.7. The predicted molar refractivity (Wildman–Crippen MR) is 111 cm³/mol. The lowest BCUT2D eigenvalue weighted by atomic mass is 10.1. The molecule has 0 aliphatic rings.